The Labute approximate surface area is 73.1 Å². The number of carbonyl (C=O) groups excluding carboxylic acids is 1. The molecule has 0 amide bonds. The fourth-order valence-corrected chi connectivity index (χ4v) is 2.78. The molecule has 0 aliphatic carbocycles. The minimum atomic E-state index is -2.36. The highest BCUT2D eigenvalue weighted by atomic mass is 31.2. The highest BCUT2D eigenvalue weighted by Crippen LogP contribution is 2.44. The molecule has 0 N–H and O–H groups in total. The van der Waals surface area contributed by atoms with Crippen LogP contribution in [0.25, 0.3) is 0 Å². The molecule has 4 heteroatoms. The first kappa shape index (κ1) is 11.4. The zero-order chi connectivity index (χ0) is 9.78. The summed E-state index contributed by atoms with van der Waals surface area (Å²) in [5, 5.41) is 8.31. The number of hydrogen-bond acceptors (Lipinski definition) is 3. The average Bonchev–Trinajstić information content (AvgIpc) is 1.84. The van der Waals surface area contributed by atoms with E-state index < -0.39 is 12.8 Å². The van der Waals surface area contributed by atoms with Crippen LogP contribution in [0.5, 0.6) is 0 Å². The SMILES string of the molecule is CC(=O)C(CCC#N)P(C)(C)=O. The van der Waals surface area contributed by atoms with Gasteiger partial charge in [-0.1, -0.05) is 0 Å². The Morgan fingerprint density at radius 3 is 2.33 bits per heavy atom. The van der Waals surface area contributed by atoms with Crippen molar-refractivity contribution in [3.05, 3.63) is 0 Å². The highest BCUT2D eigenvalue weighted by molar-refractivity contribution is 7.64. The van der Waals surface area contributed by atoms with Crippen LogP contribution in [0, 0.1) is 11.3 Å². The largest absolute Gasteiger partial charge is 0.323 e. The van der Waals surface area contributed by atoms with Crippen LogP contribution in [0.3, 0.4) is 0 Å². The average molecular weight is 187 g/mol. The summed E-state index contributed by atoms with van der Waals surface area (Å²) in [6.45, 7) is 4.62. The molecule has 0 aromatic heterocycles. The predicted octanol–water partition coefficient (Wildman–Crippen LogP) is 1.87. The van der Waals surface area contributed by atoms with Crippen molar-refractivity contribution in [3.8, 4) is 6.07 Å². The molecule has 0 bridgehead atoms. The summed E-state index contributed by atoms with van der Waals surface area (Å²) in [6, 6.07) is 1.95. The monoisotopic (exact) mass is 187 g/mol. The Morgan fingerprint density at radius 2 is 2.08 bits per heavy atom. The van der Waals surface area contributed by atoms with Gasteiger partial charge >= 0.3 is 0 Å². The van der Waals surface area contributed by atoms with Gasteiger partial charge in [-0.25, -0.2) is 0 Å². The predicted molar refractivity (Wildman–Crippen MR) is 48.8 cm³/mol. The molecule has 0 rings (SSSR count). The molecule has 1 atom stereocenters. The van der Waals surface area contributed by atoms with E-state index in [0.717, 1.165) is 0 Å². The van der Waals surface area contributed by atoms with Crippen molar-refractivity contribution >= 4 is 12.9 Å². The summed E-state index contributed by atoms with van der Waals surface area (Å²) in [7, 11) is -2.36. The van der Waals surface area contributed by atoms with Gasteiger partial charge in [0.25, 0.3) is 0 Å². The number of Topliss-reactive ketones (excluding diaryl/α,β-unsaturated/α-hetero) is 1. The molecule has 0 saturated carbocycles. The van der Waals surface area contributed by atoms with Gasteiger partial charge in [0, 0.05) is 6.42 Å². The van der Waals surface area contributed by atoms with E-state index in [1.807, 2.05) is 6.07 Å². The third-order valence-corrected chi connectivity index (χ3v) is 3.87. The van der Waals surface area contributed by atoms with Gasteiger partial charge in [0.05, 0.1) is 18.9 Å². The van der Waals surface area contributed by atoms with Crippen LogP contribution in [0.2, 0.25) is 0 Å². The van der Waals surface area contributed by atoms with Gasteiger partial charge in [-0.15, -0.1) is 0 Å². The Kier molecular flexibility index (Phi) is 4.20. The molecule has 0 aromatic rings. The topological polar surface area (TPSA) is 57.9 Å². The normalized spacial score (nSPS) is 13.5. The van der Waals surface area contributed by atoms with E-state index >= 15 is 0 Å². The quantitative estimate of drug-likeness (QED) is 0.631. The summed E-state index contributed by atoms with van der Waals surface area (Å²) in [4.78, 5) is 11.0. The first-order chi connectivity index (χ1) is 5.39. The number of rotatable bonds is 4. The highest BCUT2D eigenvalue weighted by Gasteiger charge is 2.26. The summed E-state index contributed by atoms with van der Waals surface area (Å²) < 4.78 is 11.5. The van der Waals surface area contributed by atoms with Crippen molar-refractivity contribution in [2.24, 2.45) is 0 Å². The Morgan fingerprint density at radius 1 is 1.58 bits per heavy atom. The van der Waals surface area contributed by atoms with Crippen molar-refractivity contribution in [1.29, 1.82) is 5.26 Å². The third-order valence-electron chi connectivity index (χ3n) is 1.75. The summed E-state index contributed by atoms with van der Waals surface area (Å²) in [5.41, 5.74) is -0.419. The fraction of sp³-hybridized carbons (Fsp3) is 0.750. The molecule has 0 radical (unpaired) electrons. The molecule has 0 aliphatic rings. The molecule has 0 spiro atoms. The summed E-state index contributed by atoms with van der Waals surface area (Å²) in [5.74, 6) is -0.0708. The maximum absolute atomic E-state index is 11.5. The van der Waals surface area contributed by atoms with E-state index in [1.54, 1.807) is 13.3 Å². The third kappa shape index (κ3) is 3.69. The van der Waals surface area contributed by atoms with Gasteiger partial charge in [-0.05, 0) is 26.7 Å². The molecule has 0 aliphatic heterocycles. The van der Waals surface area contributed by atoms with Crippen LogP contribution < -0.4 is 0 Å². The zero-order valence-electron chi connectivity index (χ0n) is 7.70. The van der Waals surface area contributed by atoms with Crippen LogP contribution >= 0.6 is 7.14 Å². The number of ketones is 1. The van der Waals surface area contributed by atoms with E-state index in [0.29, 0.717) is 12.8 Å². The fourth-order valence-electron chi connectivity index (χ4n) is 1.15. The minimum absolute atomic E-state index is 0.0708. The Balaban J connectivity index is 4.38. The molecule has 3 nitrogen and oxygen atoms in total. The molecule has 1 unspecified atom stereocenters. The number of hydrogen-bond donors (Lipinski definition) is 0. The number of nitriles is 1. The summed E-state index contributed by atoms with van der Waals surface area (Å²) in [6.07, 6.45) is 0.728. The molecule has 0 fully saturated rings. The molecule has 12 heavy (non-hydrogen) atoms. The second kappa shape index (κ2) is 4.42. The van der Waals surface area contributed by atoms with E-state index in [1.165, 1.54) is 6.92 Å². The second-order valence-corrected chi connectivity index (χ2v) is 6.75. The van der Waals surface area contributed by atoms with Crippen molar-refractivity contribution in [2.75, 3.05) is 13.3 Å². The van der Waals surface area contributed by atoms with Gasteiger partial charge in [0.2, 0.25) is 0 Å². The lowest BCUT2D eigenvalue weighted by atomic mass is 10.2. The van der Waals surface area contributed by atoms with Crippen LogP contribution in [-0.4, -0.2) is 24.8 Å². The van der Waals surface area contributed by atoms with Crippen molar-refractivity contribution in [1.82, 2.24) is 0 Å². The van der Waals surface area contributed by atoms with Crippen molar-refractivity contribution in [3.63, 3.8) is 0 Å². The first-order valence-corrected chi connectivity index (χ1v) is 6.48. The van der Waals surface area contributed by atoms with Gasteiger partial charge in [-0.3, -0.25) is 4.79 Å². The van der Waals surface area contributed by atoms with Crippen LogP contribution in [0.4, 0.5) is 0 Å². The van der Waals surface area contributed by atoms with E-state index in [2.05, 4.69) is 0 Å². The number of nitrogens with zero attached hydrogens (tertiary/aromatic N) is 1. The standard InChI is InChI=1S/C8H14NO2P/c1-7(10)8(5-4-6-9)12(2,3)11/h8H,4-5H2,1-3H3. The first-order valence-electron chi connectivity index (χ1n) is 3.81. The maximum atomic E-state index is 11.5. The molecular formula is C8H14NO2P. The minimum Gasteiger partial charge on any atom is -0.323 e. The second-order valence-electron chi connectivity index (χ2n) is 3.26. The zero-order valence-corrected chi connectivity index (χ0v) is 8.60. The van der Waals surface area contributed by atoms with E-state index in [-0.39, 0.29) is 5.78 Å². The molecular weight excluding hydrogens is 173 g/mol. The lowest BCUT2D eigenvalue weighted by Crippen LogP contribution is -2.17. The van der Waals surface area contributed by atoms with Gasteiger partial charge in [-0.2, -0.15) is 5.26 Å². The van der Waals surface area contributed by atoms with Gasteiger partial charge in [0.1, 0.15) is 5.78 Å². The van der Waals surface area contributed by atoms with Crippen molar-refractivity contribution in [2.45, 2.75) is 25.4 Å². The smallest absolute Gasteiger partial charge is 0.140 e. The number of carbonyl (C=O) groups is 1. The summed E-state index contributed by atoms with van der Waals surface area (Å²) >= 11 is 0. The van der Waals surface area contributed by atoms with Crippen LogP contribution in [-0.2, 0) is 9.36 Å². The van der Waals surface area contributed by atoms with E-state index in [9.17, 15) is 9.36 Å². The molecule has 0 aromatic carbocycles. The molecule has 0 heterocycles. The van der Waals surface area contributed by atoms with E-state index in [4.69, 9.17) is 5.26 Å². The maximum Gasteiger partial charge on any atom is 0.140 e. The van der Waals surface area contributed by atoms with Gasteiger partial charge in [0.15, 0.2) is 0 Å². The van der Waals surface area contributed by atoms with Crippen molar-refractivity contribution < 1.29 is 9.36 Å². The lowest BCUT2D eigenvalue weighted by molar-refractivity contribution is -0.116. The Hall–Kier alpha value is -0.610. The van der Waals surface area contributed by atoms with Crippen LogP contribution in [0.1, 0.15) is 19.8 Å². The molecule has 68 valence electrons. The Bertz CT molecular complexity index is 248. The van der Waals surface area contributed by atoms with Gasteiger partial charge < -0.3 is 4.57 Å². The molecule has 0 saturated heterocycles. The van der Waals surface area contributed by atoms with Crippen LogP contribution in [0.15, 0.2) is 0 Å². The lowest BCUT2D eigenvalue weighted by Gasteiger charge is -2.16.